The normalized spacial score (nSPS) is 20.9. The van der Waals surface area contributed by atoms with Crippen LogP contribution in [0.4, 0.5) is 5.13 Å². The van der Waals surface area contributed by atoms with E-state index in [1.807, 2.05) is 13.0 Å². The van der Waals surface area contributed by atoms with Crippen LogP contribution in [0.2, 0.25) is 0 Å². The van der Waals surface area contributed by atoms with Gasteiger partial charge < -0.3 is 15.4 Å². The first-order valence-corrected chi connectivity index (χ1v) is 13.8. The second kappa shape index (κ2) is 10.1. The molecule has 1 saturated heterocycles. The van der Waals surface area contributed by atoms with Gasteiger partial charge in [-0.15, -0.1) is 0 Å². The third-order valence-corrected chi connectivity index (χ3v) is 9.28. The molecule has 2 fully saturated rings. The maximum absolute atomic E-state index is 13.1. The molecule has 32 heavy (non-hydrogen) atoms. The van der Waals surface area contributed by atoms with Crippen molar-refractivity contribution in [3.8, 4) is 16.2 Å². The highest BCUT2D eigenvalue weighted by Gasteiger charge is 2.27. The number of methoxy groups -OCH3 is 1. The molecule has 2 aromatic rings. The molecule has 1 aromatic carbocycles. The highest BCUT2D eigenvalue weighted by Crippen LogP contribution is 2.37. The molecule has 0 spiro atoms. The molecule has 0 bridgehead atoms. The zero-order valence-electron chi connectivity index (χ0n) is 19.1. The number of thiazole rings is 1. The Balaban J connectivity index is 1.57. The lowest BCUT2D eigenvalue weighted by atomic mass is 9.85. The van der Waals surface area contributed by atoms with Gasteiger partial charge in [0, 0.05) is 18.6 Å². The molecule has 1 saturated carbocycles. The molecular formula is C23H34N4O3S2. The first-order valence-electron chi connectivity index (χ1n) is 11.5. The van der Waals surface area contributed by atoms with Crippen molar-refractivity contribution in [2.45, 2.75) is 69.4 Å². The van der Waals surface area contributed by atoms with E-state index in [-0.39, 0.29) is 10.9 Å². The standard InChI is InChI=1S/C23H34N4O3S2/c1-15(17-7-5-4-6-8-17)25-23-26-16(2)22(31-23)18-9-10-20(30-3)21(13-18)32(28,29)27-19-11-12-24-14-19/h9-10,13,15,17,19,24,27H,4-8,11-12,14H2,1-3H3,(H,25,26)/t15-,19-/m1/s1. The van der Waals surface area contributed by atoms with Crippen LogP contribution in [0.15, 0.2) is 23.1 Å². The monoisotopic (exact) mass is 478 g/mol. The molecular weight excluding hydrogens is 444 g/mol. The molecule has 176 valence electrons. The minimum atomic E-state index is -3.70. The Morgan fingerprint density at radius 3 is 2.69 bits per heavy atom. The van der Waals surface area contributed by atoms with Crippen LogP contribution in [0.3, 0.4) is 0 Å². The number of ether oxygens (including phenoxy) is 1. The number of aromatic nitrogens is 1. The van der Waals surface area contributed by atoms with Crippen LogP contribution in [0.5, 0.6) is 5.75 Å². The first-order chi connectivity index (χ1) is 15.4. The molecule has 0 amide bonds. The van der Waals surface area contributed by atoms with Gasteiger partial charge in [-0.1, -0.05) is 30.6 Å². The van der Waals surface area contributed by atoms with Gasteiger partial charge in [-0.2, -0.15) is 0 Å². The van der Waals surface area contributed by atoms with E-state index in [1.165, 1.54) is 39.2 Å². The van der Waals surface area contributed by atoms with Crippen LogP contribution in [-0.4, -0.2) is 45.7 Å². The van der Waals surface area contributed by atoms with Crippen molar-refractivity contribution in [1.29, 1.82) is 0 Å². The van der Waals surface area contributed by atoms with Crippen LogP contribution in [0.25, 0.3) is 10.4 Å². The van der Waals surface area contributed by atoms with Gasteiger partial charge in [0.1, 0.15) is 10.6 Å². The minimum Gasteiger partial charge on any atom is -0.495 e. The van der Waals surface area contributed by atoms with Crippen molar-refractivity contribution in [2.75, 3.05) is 25.5 Å². The maximum atomic E-state index is 13.1. The number of nitrogens with zero attached hydrogens (tertiary/aromatic N) is 1. The second-order valence-corrected chi connectivity index (χ2v) is 11.6. The van der Waals surface area contributed by atoms with Gasteiger partial charge in [0.15, 0.2) is 5.13 Å². The van der Waals surface area contributed by atoms with Crippen LogP contribution < -0.4 is 20.1 Å². The molecule has 2 aliphatic rings. The van der Waals surface area contributed by atoms with Crippen LogP contribution >= 0.6 is 11.3 Å². The average molecular weight is 479 g/mol. The van der Waals surface area contributed by atoms with Gasteiger partial charge in [-0.25, -0.2) is 18.1 Å². The number of sulfonamides is 1. The Morgan fingerprint density at radius 1 is 1.22 bits per heavy atom. The van der Waals surface area contributed by atoms with Crippen molar-refractivity contribution < 1.29 is 13.2 Å². The van der Waals surface area contributed by atoms with Crippen molar-refractivity contribution in [3.63, 3.8) is 0 Å². The van der Waals surface area contributed by atoms with E-state index in [0.717, 1.165) is 34.2 Å². The van der Waals surface area contributed by atoms with Gasteiger partial charge in [0.25, 0.3) is 0 Å². The van der Waals surface area contributed by atoms with Crippen LogP contribution in [0.1, 0.15) is 51.1 Å². The minimum absolute atomic E-state index is 0.101. The van der Waals surface area contributed by atoms with E-state index in [4.69, 9.17) is 9.72 Å². The van der Waals surface area contributed by atoms with Gasteiger partial charge in [0.2, 0.25) is 10.0 Å². The first kappa shape index (κ1) is 23.5. The zero-order chi connectivity index (χ0) is 22.7. The fourth-order valence-electron chi connectivity index (χ4n) is 4.74. The van der Waals surface area contributed by atoms with Gasteiger partial charge in [-0.3, -0.25) is 0 Å². The number of benzene rings is 1. The highest BCUT2D eigenvalue weighted by atomic mass is 32.2. The third-order valence-electron chi connectivity index (χ3n) is 6.60. The van der Waals surface area contributed by atoms with Crippen molar-refractivity contribution in [3.05, 3.63) is 23.9 Å². The Kier molecular flexibility index (Phi) is 7.39. The summed E-state index contributed by atoms with van der Waals surface area (Å²) in [5.74, 6) is 1.03. The van der Waals surface area contributed by atoms with Crippen molar-refractivity contribution >= 4 is 26.5 Å². The second-order valence-electron chi connectivity index (χ2n) is 8.94. The molecule has 9 heteroatoms. The lowest BCUT2D eigenvalue weighted by Crippen LogP contribution is -2.36. The number of anilines is 1. The summed E-state index contributed by atoms with van der Waals surface area (Å²) in [6.07, 6.45) is 7.30. The summed E-state index contributed by atoms with van der Waals surface area (Å²) >= 11 is 1.58. The van der Waals surface area contributed by atoms with E-state index >= 15 is 0 Å². The average Bonchev–Trinajstić information content (AvgIpc) is 3.42. The van der Waals surface area contributed by atoms with E-state index in [2.05, 4.69) is 22.3 Å². The van der Waals surface area contributed by atoms with Gasteiger partial charge in [-0.05, 0) is 69.3 Å². The van der Waals surface area contributed by atoms with Crippen molar-refractivity contribution in [2.24, 2.45) is 5.92 Å². The Morgan fingerprint density at radius 2 is 2.00 bits per heavy atom. The number of rotatable bonds is 8. The lowest BCUT2D eigenvalue weighted by molar-refractivity contribution is 0.328. The van der Waals surface area contributed by atoms with Crippen LogP contribution in [-0.2, 0) is 10.0 Å². The fourth-order valence-corrected chi connectivity index (χ4v) is 7.26. The predicted molar refractivity (Wildman–Crippen MR) is 130 cm³/mol. The molecule has 3 N–H and O–H groups in total. The zero-order valence-corrected chi connectivity index (χ0v) is 20.7. The molecule has 1 aliphatic carbocycles. The predicted octanol–water partition coefficient (Wildman–Crippen LogP) is 4.15. The number of nitrogens with one attached hydrogen (secondary N) is 3. The third kappa shape index (κ3) is 5.27. The summed E-state index contributed by atoms with van der Waals surface area (Å²) in [6.45, 7) is 5.68. The summed E-state index contributed by atoms with van der Waals surface area (Å²) in [5, 5.41) is 7.69. The lowest BCUT2D eigenvalue weighted by Gasteiger charge is -2.28. The molecule has 1 aromatic heterocycles. The van der Waals surface area contributed by atoms with Crippen molar-refractivity contribution in [1.82, 2.24) is 15.0 Å². The molecule has 2 atom stereocenters. The summed E-state index contributed by atoms with van der Waals surface area (Å²) < 4.78 is 34.4. The molecule has 1 aliphatic heterocycles. The van der Waals surface area contributed by atoms with E-state index < -0.39 is 10.0 Å². The number of hydrogen-bond donors (Lipinski definition) is 3. The summed E-state index contributed by atoms with van der Waals surface area (Å²) in [6, 6.07) is 5.62. The molecule has 7 nitrogen and oxygen atoms in total. The Bertz CT molecular complexity index is 1030. The molecule has 4 rings (SSSR count). The number of hydrogen-bond acceptors (Lipinski definition) is 7. The van der Waals surface area contributed by atoms with Gasteiger partial charge in [0.05, 0.1) is 17.7 Å². The largest absolute Gasteiger partial charge is 0.495 e. The summed E-state index contributed by atoms with van der Waals surface area (Å²) in [4.78, 5) is 5.89. The highest BCUT2D eigenvalue weighted by molar-refractivity contribution is 7.89. The van der Waals surface area contributed by atoms with E-state index in [1.54, 1.807) is 23.5 Å². The SMILES string of the molecule is COc1ccc(-c2sc(N[C@H](C)C3CCCCC3)nc2C)cc1S(=O)(=O)N[C@@H]1CCNC1. The molecule has 0 unspecified atom stereocenters. The number of aryl methyl sites for hydroxylation is 1. The molecule has 0 radical (unpaired) electrons. The van der Waals surface area contributed by atoms with E-state index in [0.29, 0.717) is 24.3 Å². The summed E-state index contributed by atoms with van der Waals surface area (Å²) in [7, 11) is -2.21. The Hall–Kier alpha value is -1.68. The van der Waals surface area contributed by atoms with E-state index in [9.17, 15) is 8.42 Å². The van der Waals surface area contributed by atoms with Gasteiger partial charge >= 0.3 is 0 Å². The quantitative estimate of drug-likeness (QED) is 0.528. The smallest absolute Gasteiger partial charge is 0.244 e. The fraction of sp³-hybridized carbons (Fsp3) is 0.609. The molecule has 2 heterocycles. The Labute approximate surface area is 195 Å². The summed E-state index contributed by atoms with van der Waals surface area (Å²) in [5.41, 5.74) is 1.74. The maximum Gasteiger partial charge on any atom is 0.244 e. The topological polar surface area (TPSA) is 92.3 Å². The van der Waals surface area contributed by atoms with Crippen LogP contribution in [0, 0.1) is 12.8 Å².